The van der Waals surface area contributed by atoms with E-state index in [1.165, 1.54) is 30.3 Å². The van der Waals surface area contributed by atoms with Gasteiger partial charge in [0.25, 0.3) is 15.9 Å². The lowest BCUT2D eigenvalue weighted by molar-refractivity contribution is -0.137. The van der Waals surface area contributed by atoms with Crippen molar-refractivity contribution in [1.82, 2.24) is 0 Å². The monoisotopic (exact) mass is 454 g/mol. The Morgan fingerprint density at radius 1 is 1.27 bits per heavy atom. The second-order valence-corrected chi connectivity index (χ2v) is 8.20. The van der Waals surface area contributed by atoms with Crippen LogP contribution in [0.4, 0.5) is 11.4 Å². The molecule has 30 heavy (non-hydrogen) atoms. The van der Waals surface area contributed by atoms with Crippen LogP contribution in [0.1, 0.15) is 10.4 Å². The topological polar surface area (TPSA) is 139 Å². The molecule has 0 radical (unpaired) electrons. The average molecular weight is 455 g/mol. The number of sulfonamides is 1. The number of esters is 1. The first kappa shape index (κ1) is 21.4. The summed E-state index contributed by atoms with van der Waals surface area (Å²) < 4.78 is 37.9. The van der Waals surface area contributed by atoms with Gasteiger partial charge >= 0.3 is 11.9 Å². The lowest BCUT2D eigenvalue weighted by atomic mass is 10.2. The summed E-state index contributed by atoms with van der Waals surface area (Å²) in [5.41, 5.74) is -0.169. The standard InChI is InChI=1S/C18H15ClN2O8S/c1-28-18(25)12-6-10(19)2-4-13(12)20-30(26,27)11-3-5-15-14(7-11)21(8-17(23)24)16(22)9-29-15/h2-7,20H,8-9H2,1H3,(H,23,24). The minimum absolute atomic E-state index is 0.000762. The van der Waals surface area contributed by atoms with Crippen molar-refractivity contribution in [2.24, 2.45) is 0 Å². The van der Waals surface area contributed by atoms with Gasteiger partial charge in [-0.2, -0.15) is 0 Å². The number of benzene rings is 2. The molecule has 12 heteroatoms. The first-order chi connectivity index (χ1) is 14.1. The van der Waals surface area contributed by atoms with E-state index in [0.29, 0.717) is 0 Å². The minimum atomic E-state index is -4.24. The lowest BCUT2D eigenvalue weighted by Crippen LogP contribution is -2.42. The number of carboxylic acid groups (broad SMARTS) is 1. The van der Waals surface area contributed by atoms with Gasteiger partial charge in [-0.25, -0.2) is 13.2 Å². The molecule has 0 aromatic heterocycles. The molecule has 2 aromatic carbocycles. The van der Waals surface area contributed by atoms with E-state index in [4.69, 9.17) is 21.4 Å². The number of ether oxygens (including phenoxy) is 2. The van der Waals surface area contributed by atoms with E-state index in [0.717, 1.165) is 18.1 Å². The van der Waals surface area contributed by atoms with Crippen LogP contribution in [0.15, 0.2) is 41.3 Å². The maximum atomic E-state index is 12.9. The fraction of sp³-hybridized carbons (Fsp3) is 0.167. The zero-order chi connectivity index (χ0) is 22.1. The number of fused-ring (bicyclic) bond motifs is 1. The van der Waals surface area contributed by atoms with Gasteiger partial charge in [-0.15, -0.1) is 0 Å². The molecule has 0 fully saturated rings. The van der Waals surface area contributed by atoms with Gasteiger partial charge in [0.15, 0.2) is 6.61 Å². The molecule has 2 N–H and O–H groups in total. The molecule has 1 aliphatic heterocycles. The van der Waals surface area contributed by atoms with Crippen molar-refractivity contribution in [2.75, 3.05) is 29.9 Å². The molecule has 0 atom stereocenters. The molecular formula is C18H15ClN2O8S. The number of aliphatic carboxylic acids is 1. The maximum absolute atomic E-state index is 12.9. The zero-order valence-corrected chi connectivity index (χ0v) is 17.0. The Balaban J connectivity index is 2.01. The molecule has 0 spiro atoms. The highest BCUT2D eigenvalue weighted by Gasteiger charge is 2.29. The summed E-state index contributed by atoms with van der Waals surface area (Å²) in [6.45, 7) is -1.02. The molecule has 1 aliphatic rings. The van der Waals surface area contributed by atoms with Crippen LogP contribution in [0.2, 0.25) is 5.02 Å². The van der Waals surface area contributed by atoms with E-state index < -0.39 is 34.4 Å². The van der Waals surface area contributed by atoms with Crippen molar-refractivity contribution in [1.29, 1.82) is 0 Å². The fourth-order valence-corrected chi connectivity index (χ4v) is 4.02. The number of anilines is 2. The quantitative estimate of drug-likeness (QED) is 0.629. The van der Waals surface area contributed by atoms with Crippen molar-refractivity contribution in [3.63, 3.8) is 0 Å². The lowest BCUT2D eigenvalue weighted by Gasteiger charge is -2.28. The SMILES string of the molecule is COC(=O)c1cc(Cl)ccc1NS(=O)(=O)c1ccc2c(c1)N(CC(=O)O)C(=O)CO2. The number of carbonyl (C=O) groups is 3. The Morgan fingerprint density at radius 2 is 2.00 bits per heavy atom. The van der Waals surface area contributed by atoms with Crippen molar-refractivity contribution in [2.45, 2.75) is 4.90 Å². The number of amides is 1. The molecule has 0 saturated heterocycles. The summed E-state index contributed by atoms with van der Waals surface area (Å²) in [6.07, 6.45) is 0. The molecule has 2 aromatic rings. The van der Waals surface area contributed by atoms with Crippen molar-refractivity contribution >= 4 is 50.8 Å². The highest BCUT2D eigenvalue weighted by molar-refractivity contribution is 7.92. The third-order valence-corrected chi connectivity index (χ3v) is 5.71. The molecule has 1 heterocycles. The number of halogens is 1. The molecule has 1 amide bonds. The second kappa shape index (κ2) is 8.20. The number of hydrogen-bond donors (Lipinski definition) is 2. The minimum Gasteiger partial charge on any atom is -0.482 e. The Morgan fingerprint density at radius 3 is 2.67 bits per heavy atom. The zero-order valence-electron chi connectivity index (χ0n) is 15.4. The number of methoxy groups -OCH3 is 1. The van der Waals surface area contributed by atoms with Crippen molar-refractivity contribution < 1.29 is 37.4 Å². The molecule has 0 saturated carbocycles. The molecule has 0 bridgehead atoms. The van der Waals surface area contributed by atoms with E-state index in [9.17, 15) is 22.8 Å². The highest BCUT2D eigenvalue weighted by atomic mass is 35.5. The Bertz CT molecular complexity index is 1150. The summed E-state index contributed by atoms with van der Waals surface area (Å²) >= 11 is 5.87. The van der Waals surface area contributed by atoms with Gasteiger partial charge in [-0.1, -0.05) is 11.6 Å². The van der Waals surface area contributed by atoms with Gasteiger partial charge in [0.2, 0.25) is 0 Å². The first-order valence-electron chi connectivity index (χ1n) is 8.32. The Kier molecular flexibility index (Phi) is 5.85. The van der Waals surface area contributed by atoms with Crippen LogP contribution in [0, 0.1) is 0 Å². The summed E-state index contributed by atoms with van der Waals surface area (Å²) in [5.74, 6) is -2.53. The molecule has 158 valence electrons. The van der Waals surface area contributed by atoms with Gasteiger partial charge in [-0.05, 0) is 36.4 Å². The predicted molar refractivity (Wildman–Crippen MR) is 106 cm³/mol. The summed E-state index contributed by atoms with van der Waals surface area (Å²) in [4.78, 5) is 35.7. The number of carbonyl (C=O) groups excluding carboxylic acids is 2. The summed E-state index contributed by atoms with van der Waals surface area (Å²) in [5, 5.41) is 9.24. The third-order valence-electron chi connectivity index (χ3n) is 4.11. The number of rotatable bonds is 6. The van der Waals surface area contributed by atoms with Crippen LogP contribution >= 0.6 is 11.6 Å². The number of nitrogens with one attached hydrogen (secondary N) is 1. The molecule has 10 nitrogen and oxygen atoms in total. The normalized spacial score (nSPS) is 13.3. The van der Waals surface area contributed by atoms with Crippen LogP contribution < -0.4 is 14.4 Å². The van der Waals surface area contributed by atoms with Gasteiger partial charge in [0.05, 0.1) is 28.9 Å². The largest absolute Gasteiger partial charge is 0.482 e. The molecule has 0 unspecified atom stereocenters. The predicted octanol–water partition coefficient (Wildman–Crippen LogP) is 1.74. The van der Waals surface area contributed by atoms with E-state index >= 15 is 0 Å². The van der Waals surface area contributed by atoms with Gasteiger partial charge in [0.1, 0.15) is 12.3 Å². The number of hydrogen-bond acceptors (Lipinski definition) is 7. The van der Waals surface area contributed by atoms with Crippen LogP contribution in [0.3, 0.4) is 0 Å². The van der Waals surface area contributed by atoms with Gasteiger partial charge in [0, 0.05) is 5.02 Å². The summed E-state index contributed by atoms with van der Waals surface area (Å²) in [6, 6.07) is 7.59. The van der Waals surface area contributed by atoms with E-state index in [2.05, 4.69) is 9.46 Å². The van der Waals surface area contributed by atoms with Gasteiger partial charge < -0.3 is 14.6 Å². The highest BCUT2D eigenvalue weighted by Crippen LogP contribution is 2.35. The third kappa shape index (κ3) is 4.31. The van der Waals surface area contributed by atoms with Crippen LogP contribution in [0.25, 0.3) is 0 Å². The first-order valence-corrected chi connectivity index (χ1v) is 10.2. The van der Waals surface area contributed by atoms with E-state index in [-0.39, 0.29) is 39.2 Å². The average Bonchev–Trinajstić information content (AvgIpc) is 2.70. The number of carboxylic acids is 1. The van der Waals surface area contributed by atoms with Crippen LogP contribution in [-0.2, 0) is 24.3 Å². The molecule has 3 rings (SSSR count). The fourth-order valence-electron chi connectivity index (χ4n) is 2.75. The van der Waals surface area contributed by atoms with Crippen molar-refractivity contribution in [3.05, 3.63) is 47.0 Å². The Hall–Kier alpha value is -3.31. The van der Waals surface area contributed by atoms with E-state index in [1.807, 2.05) is 0 Å². The number of nitrogens with zero attached hydrogens (tertiary/aromatic N) is 1. The van der Waals surface area contributed by atoms with Crippen molar-refractivity contribution in [3.8, 4) is 5.75 Å². The van der Waals surface area contributed by atoms with E-state index in [1.54, 1.807) is 0 Å². The summed E-state index contributed by atoms with van der Waals surface area (Å²) in [7, 11) is -3.10. The second-order valence-electron chi connectivity index (χ2n) is 6.08. The smallest absolute Gasteiger partial charge is 0.340 e. The Labute approximate surface area is 176 Å². The van der Waals surface area contributed by atoms with Gasteiger partial charge in [-0.3, -0.25) is 19.2 Å². The maximum Gasteiger partial charge on any atom is 0.340 e. The van der Waals surface area contributed by atoms with Crippen LogP contribution in [-0.4, -0.2) is 51.6 Å². The van der Waals surface area contributed by atoms with Crippen LogP contribution in [0.5, 0.6) is 5.75 Å². The molecular weight excluding hydrogens is 440 g/mol. The molecule has 0 aliphatic carbocycles.